The molecule has 0 heterocycles. The molecule has 0 aliphatic carbocycles. The topological polar surface area (TPSA) is 90.3 Å². The van der Waals surface area contributed by atoms with Crippen LogP contribution in [-0.4, -0.2) is 16.8 Å². The standard InChI is InChI=1S/C10H9F3N2O2/c11-10(12,13)7-2-5(3-14)1-6(9(7)17)8(15)4-16/h1-2,8,16-17H,4,15H2/t8-/m0/s1. The summed E-state index contributed by atoms with van der Waals surface area (Å²) < 4.78 is 37.6. The Kier molecular flexibility index (Phi) is 3.60. The molecule has 4 nitrogen and oxygen atoms in total. The number of rotatable bonds is 2. The molecule has 0 aliphatic rings. The number of hydrogen-bond donors (Lipinski definition) is 3. The van der Waals surface area contributed by atoms with Crippen LogP contribution >= 0.6 is 0 Å². The van der Waals surface area contributed by atoms with Crippen LogP contribution < -0.4 is 5.73 Å². The third kappa shape index (κ3) is 2.67. The molecule has 0 amide bonds. The van der Waals surface area contributed by atoms with Gasteiger partial charge < -0.3 is 15.9 Å². The van der Waals surface area contributed by atoms with Gasteiger partial charge in [0.05, 0.1) is 29.8 Å². The second-order valence-electron chi connectivity index (χ2n) is 3.36. The van der Waals surface area contributed by atoms with Gasteiger partial charge in [0.1, 0.15) is 5.75 Å². The minimum atomic E-state index is -4.79. The first kappa shape index (κ1) is 13.3. The van der Waals surface area contributed by atoms with Crippen LogP contribution in [0.1, 0.15) is 22.7 Å². The Morgan fingerprint density at radius 1 is 1.41 bits per heavy atom. The number of phenolic OH excluding ortho intramolecular Hbond substituents is 1. The summed E-state index contributed by atoms with van der Waals surface area (Å²) in [6.45, 7) is -0.639. The number of phenols is 1. The Balaban J connectivity index is 3.48. The van der Waals surface area contributed by atoms with Gasteiger partial charge in [0.15, 0.2) is 0 Å². The van der Waals surface area contributed by atoms with E-state index in [9.17, 15) is 18.3 Å². The van der Waals surface area contributed by atoms with E-state index in [0.717, 1.165) is 6.07 Å². The predicted octanol–water partition coefficient (Wildman–Crippen LogP) is 1.27. The number of nitrogens with two attached hydrogens (primary N) is 1. The second kappa shape index (κ2) is 4.61. The van der Waals surface area contributed by atoms with E-state index in [1.165, 1.54) is 6.07 Å². The summed E-state index contributed by atoms with van der Waals surface area (Å²) in [4.78, 5) is 0. The second-order valence-corrected chi connectivity index (χ2v) is 3.36. The zero-order valence-corrected chi connectivity index (χ0v) is 8.49. The van der Waals surface area contributed by atoms with E-state index in [1.807, 2.05) is 0 Å². The fourth-order valence-corrected chi connectivity index (χ4v) is 1.32. The molecule has 0 aromatic heterocycles. The zero-order valence-electron chi connectivity index (χ0n) is 8.49. The molecule has 0 spiro atoms. The first-order valence-corrected chi connectivity index (χ1v) is 4.52. The van der Waals surface area contributed by atoms with Crippen LogP contribution in [0, 0.1) is 11.3 Å². The third-order valence-electron chi connectivity index (χ3n) is 2.17. The number of nitriles is 1. The lowest BCUT2D eigenvalue weighted by Crippen LogP contribution is -2.17. The van der Waals surface area contributed by atoms with Gasteiger partial charge in [-0.1, -0.05) is 0 Å². The van der Waals surface area contributed by atoms with Crippen molar-refractivity contribution >= 4 is 0 Å². The van der Waals surface area contributed by atoms with Crippen molar-refractivity contribution in [1.29, 1.82) is 5.26 Å². The van der Waals surface area contributed by atoms with E-state index >= 15 is 0 Å². The molecule has 0 aliphatic heterocycles. The normalized spacial score (nSPS) is 13.2. The van der Waals surface area contributed by atoms with Crippen LogP contribution in [0.5, 0.6) is 5.75 Å². The lowest BCUT2D eigenvalue weighted by molar-refractivity contribution is -0.138. The quantitative estimate of drug-likeness (QED) is 0.733. The maximum Gasteiger partial charge on any atom is 0.420 e. The Labute approximate surface area is 94.7 Å². The van der Waals surface area contributed by atoms with E-state index in [0.29, 0.717) is 6.07 Å². The molecule has 0 bridgehead atoms. The van der Waals surface area contributed by atoms with Crippen LogP contribution in [0.4, 0.5) is 13.2 Å². The van der Waals surface area contributed by atoms with E-state index in [1.54, 1.807) is 0 Å². The van der Waals surface area contributed by atoms with Gasteiger partial charge in [0.25, 0.3) is 0 Å². The smallest absolute Gasteiger partial charge is 0.420 e. The molecule has 1 atom stereocenters. The van der Waals surface area contributed by atoms with Gasteiger partial charge in [-0.15, -0.1) is 0 Å². The highest BCUT2D eigenvalue weighted by molar-refractivity contribution is 5.50. The van der Waals surface area contributed by atoms with Crippen LogP contribution in [-0.2, 0) is 6.18 Å². The first-order chi connectivity index (χ1) is 7.81. The summed E-state index contributed by atoms with van der Waals surface area (Å²) in [5.74, 6) is -1.06. The van der Waals surface area contributed by atoms with Gasteiger partial charge >= 0.3 is 6.18 Å². The van der Waals surface area contributed by atoms with E-state index in [4.69, 9.17) is 16.1 Å². The molecule has 17 heavy (non-hydrogen) atoms. The molecule has 1 aromatic rings. The molecule has 92 valence electrons. The van der Waals surface area contributed by atoms with Gasteiger partial charge in [-0.05, 0) is 12.1 Å². The maximum atomic E-state index is 12.5. The third-order valence-corrected chi connectivity index (χ3v) is 2.17. The number of aliphatic hydroxyl groups excluding tert-OH is 1. The van der Waals surface area contributed by atoms with E-state index in [-0.39, 0.29) is 11.1 Å². The Hall–Kier alpha value is -1.78. The van der Waals surface area contributed by atoms with Gasteiger partial charge in [0.2, 0.25) is 0 Å². The molecule has 0 saturated heterocycles. The fraction of sp³-hybridized carbons (Fsp3) is 0.300. The average Bonchev–Trinajstić information content (AvgIpc) is 2.26. The molecule has 7 heteroatoms. The number of alkyl halides is 3. The van der Waals surface area contributed by atoms with Crippen molar-refractivity contribution in [2.45, 2.75) is 12.2 Å². The lowest BCUT2D eigenvalue weighted by Gasteiger charge is -2.16. The zero-order chi connectivity index (χ0) is 13.2. The molecule has 1 rings (SSSR count). The molecule has 0 saturated carbocycles. The minimum Gasteiger partial charge on any atom is -0.507 e. The van der Waals surface area contributed by atoms with Crippen LogP contribution in [0.25, 0.3) is 0 Å². The molecule has 0 radical (unpaired) electrons. The molecule has 0 unspecified atom stereocenters. The van der Waals surface area contributed by atoms with Crippen molar-refractivity contribution in [1.82, 2.24) is 0 Å². The van der Waals surface area contributed by atoms with Crippen molar-refractivity contribution in [2.75, 3.05) is 6.61 Å². The summed E-state index contributed by atoms with van der Waals surface area (Å²) in [7, 11) is 0. The molecular formula is C10H9F3N2O2. The summed E-state index contributed by atoms with van der Waals surface area (Å²) in [5.41, 5.74) is 3.42. The Morgan fingerprint density at radius 3 is 2.41 bits per heavy atom. The van der Waals surface area contributed by atoms with E-state index in [2.05, 4.69) is 0 Å². The van der Waals surface area contributed by atoms with Crippen molar-refractivity contribution in [2.24, 2.45) is 5.73 Å². The molecule has 1 aromatic carbocycles. The lowest BCUT2D eigenvalue weighted by atomic mass is 9.99. The Bertz CT molecular complexity index is 466. The summed E-state index contributed by atoms with van der Waals surface area (Å²) in [6.07, 6.45) is -4.79. The number of hydrogen-bond acceptors (Lipinski definition) is 4. The summed E-state index contributed by atoms with van der Waals surface area (Å²) in [6, 6.07) is 1.91. The molecular weight excluding hydrogens is 237 g/mol. The van der Waals surface area contributed by atoms with Crippen molar-refractivity contribution in [3.63, 3.8) is 0 Å². The predicted molar refractivity (Wildman–Crippen MR) is 51.8 cm³/mol. The van der Waals surface area contributed by atoms with Crippen LogP contribution in [0.2, 0.25) is 0 Å². The monoisotopic (exact) mass is 246 g/mol. The van der Waals surface area contributed by atoms with Gasteiger partial charge in [0, 0.05) is 5.56 Å². The Morgan fingerprint density at radius 2 is 2.00 bits per heavy atom. The SMILES string of the molecule is N#Cc1cc([C@@H](N)CO)c(O)c(C(F)(F)F)c1. The number of nitrogens with zero attached hydrogens (tertiary/aromatic N) is 1. The van der Waals surface area contributed by atoms with Gasteiger partial charge in [-0.3, -0.25) is 0 Å². The van der Waals surface area contributed by atoms with Gasteiger partial charge in [-0.2, -0.15) is 18.4 Å². The van der Waals surface area contributed by atoms with Crippen LogP contribution in [0.15, 0.2) is 12.1 Å². The number of halogens is 3. The minimum absolute atomic E-state index is 0.283. The van der Waals surface area contributed by atoms with Crippen LogP contribution in [0.3, 0.4) is 0 Å². The maximum absolute atomic E-state index is 12.5. The summed E-state index contributed by atoms with van der Waals surface area (Å²) in [5, 5.41) is 26.8. The van der Waals surface area contributed by atoms with Crippen molar-refractivity contribution in [3.05, 3.63) is 28.8 Å². The fourth-order valence-electron chi connectivity index (χ4n) is 1.32. The van der Waals surface area contributed by atoms with Crippen molar-refractivity contribution < 1.29 is 23.4 Å². The summed E-state index contributed by atoms with van der Waals surface area (Å²) >= 11 is 0. The average molecular weight is 246 g/mol. The number of aliphatic hydroxyl groups is 1. The number of aromatic hydroxyl groups is 1. The highest BCUT2D eigenvalue weighted by Gasteiger charge is 2.36. The highest BCUT2D eigenvalue weighted by atomic mass is 19.4. The highest BCUT2D eigenvalue weighted by Crippen LogP contribution is 2.39. The van der Waals surface area contributed by atoms with Crippen molar-refractivity contribution in [3.8, 4) is 11.8 Å². The molecule has 0 fully saturated rings. The first-order valence-electron chi connectivity index (χ1n) is 4.52. The van der Waals surface area contributed by atoms with E-state index < -0.39 is 30.1 Å². The van der Waals surface area contributed by atoms with Gasteiger partial charge in [-0.25, -0.2) is 0 Å². The largest absolute Gasteiger partial charge is 0.507 e. The molecule has 4 N–H and O–H groups in total. The number of benzene rings is 1.